The Kier molecular flexibility index (Phi) is 4.55. The van der Waals surface area contributed by atoms with Crippen LogP contribution in [0, 0.1) is 0 Å². The molecule has 1 saturated heterocycles. The van der Waals surface area contributed by atoms with Crippen molar-refractivity contribution in [2.24, 2.45) is 0 Å². The smallest absolute Gasteiger partial charge is 0.250 e. The van der Waals surface area contributed by atoms with Gasteiger partial charge in [0.1, 0.15) is 12.4 Å². The lowest BCUT2D eigenvalue weighted by molar-refractivity contribution is -0.117. The lowest BCUT2D eigenvalue weighted by Gasteiger charge is -2.18. The number of benzene rings is 1. The molecule has 21 heavy (non-hydrogen) atoms. The summed E-state index contributed by atoms with van der Waals surface area (Å²) >= 11 is 0. The Bertz CT molecular complexity index is 533. The van der Waals surface area contributed by atoms with Gasteiger partial charge >= 0.3 is 0 Å². The summed E-state index contributed by atoms with van der Waals surface area (Å²) in [6, 6.07) is 7.79. The average Bonchev–Trinajstić information content (AvgIpc) is 3.04. The number of carbonyl (C=O) groups excluding carboxylic acids is 1. The molecule has 0 bridgehead atoms. The Morgan fingerprint density at radius 2 is 2.05 bits per heavy atom. The molecule has 4 nitrogen and oxygen atoms in total. The van der Waals surface area contributed by atoms with Gasteiger partial charge in [0.05, 0.1) is 5.57 Å². The van der Waals surface area contributed by atoms with Crippen LogP contribution in [0.1, 0.15) is 24.8 Å². The molecular weight excluding hydrogens is 264 g/mol. The summed E-state index contributed by atoms with van der Waals surface area (Å²) in [6.45, 7) is 4.59. The summed E-state index contributed by atoms with van der Waals surface area (Å²) in [6.07, 6.45) is 5.57. The predicted octanol–water partition coefficient (Wildman–Crippen LogP) is 2.06. The highest BCUT2D eigenvalue weighted by molar-refractivity contribution is 5.99. The molecule has 4 heteroatoms. The van der Waals surface area contributed by atoms with Crippen molar-refractivity contribution >= 4 is 12.0 Å². The SMILES string of the molecule is O=C(NCCCN1CCCC1)C1=Cc2ccccc2OC1. The lowest BCUT2D eigenvalue weighted by atomic mass is 10.1. The molecule has 1 amide bonds. The minimum atomic E-state index is -0.00840. The topological polar surface area (TPSA) is 41.6 Å². The van der Waals surface area contributed by atoms with E-state index in [1.807, 2.05) is 30.3 Å². The van der Waals surface area contributed by atoms with E-state index in [4.69, 9.17) is 4.74 Å². The molecule has 0 aliphatic carbocycles. The third-order valence-corrected chi connectivity index (χ3v) is 4.06. The largest absolute Gasteiger partial charge is 0.488 e. The first kappa shape index (κ1) is 14.1. The van der Waals surface area contributed by atoms with E-state index >= 15 is 0 Å². The number of amides is 1. The Balaban J connectivity index is 1.46. The first-order valence-electron chi connectivity index (χ1n) is 7.76. The molecule has 3 rings (SSSR count). The fourth-order valence-electron chi connectivity index (χ4n) is 2.87. The fraction of sp³-hybridized carbons (Fsp3) is 0.471. The van der Waals surface area contributed by atoms with Crippen molar-refractivity contribution < 1.29 is 9.53 Å². The van der Waals surface area contributed by atoms with Crippen LogP contribution in [-0.4, -0.2) is 43.6 Å². The van der Waals surface area contributed by atoms with Crippen molar-refractivity contribution in [3.8, 4) is 5.75 Å². The van der Waals surface area contributed by atoms with Crippen LogP contribution in [-0.2, 0) is 4.79 Å². The van der Waals surface area contributed by atoms with Gasteiger partial charge in [-0.15, -0.1) is 0 Å². The summed E-state index contributed by atoms with van der Waals surface area (Å²) in [7, 11) is 0. The molecule has 1 aromatic carbocycles. The number of fused-ring (bicyclic) bond motifs is 1. The second-order valence-corrected chi connectivity index (χ2v) is 5.65. The molecule has 2 aliphatic heterocycles. The van der Waals surface area contributed by atoms with Gasteiger partial charge in [0.25, 0.3) is 5.91 Å². The van der Waals surface area contributed by atoms with Crippen LogP contribution in [0.3, 0.4) is 0 Å². The molecule has 0 unspecified atom stereocenters. The second kappa shape index (κ2) is 6.76. The summed E-state index contributed by atoms with van der Waals surface area (Å²) in [5.41, 5.74) is 1.68. The molecule has 0 saturated carbocycles. The van der Waals surface area contributed by atoms with Crippen LogP contribution >= 0.6 is 0 Å². The van der Waals surface area contributed by atoms with Gasteiger partial charge in [0.2, 0.25) is 0 Å². The number of para-hydroxylation sites is 1. The number of likely N-dealkylation sites (tertiary alicyclic amines) is 1. The van der Waals surface area contributed by atoms with Crippen molar-refractivity contribution in [3.63, 3.8) is 0 Å². The van der Waals surface area contributed by atoms with Crippen LogP contribution < -0.4 is 10.1 Å². The summed E-state index contributed by atoms with van der Waals surface area (Å²) in [4.78, 5) is 14.6. The van der Waals surface area contributed by atoms with E-state index in [1.54, 1.807) is 0 Å². The van der Waals surface area contributed by atoms with E-state index in [9.17, 15) is 4.79 Å². The summed E-state index contributed by atoms with van der Waals surface area (Å²) in [5, 5.41) is 2.99. The van der Waals surface area contributed by atoms with E-state index in [1.165, 1.54) is 25.9 Å². The molecule has 112 valence electrons. The van der Waals surface area contributed by atoms with Crippen LogP contribution in [0.15, 0.2) is 29.8 Å². The van der Waals surface area contributed by atoms with E-state index < -0.39 is 0 Å². The molecule has 2 heterocycles. The van der Waals surface area contributed by atoms with Gasteiger partial charge < -0.3 is 15.0 Å². The number of carbonyl (C=O) groups is 1. The molecule has 0 spiro atoms. The van der Waals surface area contributed by atoms with Crippen molar-refractivity contribution in [2.75, 3.05) is 32.8 Å². The van der Waals surface area contributed by atoms with Crippen molar-refractivity contribution in [1.29, 1.82) is 0 Å². The zero-order chi connectivity index (χ0) is 14.5. The number of nitrogens with zero attached hydrogens (tertiary/aromatic N) is 1. The van der Waals surface area contributed by atoms with Crippen LogP contribution in [0.25, 0.3) is 6.08 Å². The van der Waals surface area contributed by atoms with E-state index in [2.05, 4.69) is 10.2 Å². The van der Waals surface area contributed by atoms with Crippen LogP contribution in [0.5, 0.6) is 5.75 Å². The molecule has 2 aliphatic rings. The van der Waals surface area contributed by atoms with Gasteiger partial charge in [0, 0.05) is 12.1 Å². The monoisotopic (exact) mass is 286 g/mol. The van der Waals surface area contributed by atoms with Gasteiger partial charge in [-0.3, -0.25) is 4.79 Å². The zero-order valence-corrected chi connectivity index (χ0v) is 12.3. The first-order chi connectivity index (χ1) is 10.3. The summed E-state index contributed by atoms with van der Waals surface area (Å²) in [5.74, 6) is 0.842. The minimum absolute atomic E-state index is 0.00840. The number of ether oxygens (including phenoxy) is 1. The Hall–Kier alpha value is -1.81. The maximum atomic E-state index is 12.1. The number of hydrogen-bond acceptors (Lipinski definition) is 3. The second-order valence-electron chi connectivity index (χ2n) is 5.65. The predicted molar refractivity (Wildman–Crippen MR) is 83.2 cm³/mol. The highest BCUT2D eigenvalue weighted by Crippen LogP contribution is 2.25. The lowest BCUT2D eigenvalue weighted by Crippen LogP contribution is -2.31. The Morgan fingerprint density at radius 3 is 2.90 bits per heavy atom. The molecular formula is C17H22N2O2. The Labute approximate surface area is 125 Å². The Morgan fingerprint density at radius 1 is 1.24 bits per heavy atom. The van der Waals surface area contributed by atoms with E-state index in [0.29, 0.717) is 12.2 Å². The van der Waals surface area contributed by atoms with Gasteiger partial charge in [-0.05, 0) is 51.0 Å². The standard InChI is InChI=1S/C17H22N2O2/c20-17(18-8-5-11-19-9-3-4-10-19)15-12-14-6-1-2-7-16(14)21-13-15/h1-2,6-7,12H,3-5,8-11,13H2,(H,18,20). The van der Waals surface area contributed by atoms with E-state index in [-0.39, 0.29) is 5.91 Å². The zero-order valence-electron chi connectivity index (χ0n) is 12.3. The highest BCUT2D eigenvalue weighted by Gasteiger charge is 2.16. The summed E-state index contributed by atoms with van der Waals surface area (Å²) < 4.78 is 5.61. The molecule has 0 radical (unpaired) electrons. The quantitative estimate of drug-likeness (QED) is 0.843. The van der Waals surface area contributed by atoms with Crippen LogP contribution in [0.2, 0.25) is 0 Å². The van der Waals surface area contributed by atoms with Gasteiger partial charge in [-0.1, -0.05) is 18.2 Å². The number of nitrogens with one attached hydrogen (secondary N) is 1. The molecule has 1 aromatic rings. The maximum absolute atomic E-state index is 12.1. The fourth-order valence-corrected chi connectivity index (χ4v) is 2.87. The molecule has 0 aromatic heterocycles. The third-order valence-electron chi connectivity index (χ3n) is 4.06. The molecule has 1 N–H and O–H groups in total. The molecule has 0 atom stereocenters. The van der Waals surface area contributed by atoms with Crippen molar-refractivity contribution in [1.82, 2.24) is 10.2 Å². The van der Waals surface area contributed by atoms with Crippen molar-refractivity contribution in [3.05, 3.63) is 35.4 Å². The van der Waals surface area contributed by atoms with Crippen molar-refractivity contribution in [2.45, 2.75) is 19.3 Å². The molecule has 1 fully saturated rings. The number of rotatable bonds is 5. The van der Waals surface area contributed by atoms with E-state index in [0.717, 1.165) is 30.8 Å². The van der Waals surface area contributed by atoms with Gasteiger partial charge in [-0.25, -0.2) is 0 Å². The van der Waals surface area contributed by atoms with Crippen LogP contribution in [0.4, 0.5) is 0 Å². The third kappa shape index (κ3) is 3.64. The minimum Gasteiger partial charge on any atom is -0.488 e. The maximum Gasteiger partial charge on any atom is 0.250 e. The first-order valence-corrected chi connectivity index (χ1v) is 7.76. The average molecular weight is 286 g/mol. The van der Waals surface area contributed by atoms with Gasteiger partial charge in [-0.2, -0.15) is 0 Å². The highest BCUT2D eigenvalue weighted by atomic mass is 16.5. The van der Waals surface area contributed by atoms with Gasteiger partial charge in [0.15, 0.2) is 0 Å². The number of hydrogen-bond donors (Lipinski definition) is 1. The normalized spacial score (nSPS) is 17.8.